The van der Waals surface area contributed by atoms with Crippen LogP contribution in [0.25, 0.3) is 0 Å². The summed E-state index contributed by atoms with van der Waals surface area (Å²) in [6.45, 7) is 0.394. The molecule has 6 nitrogen and oxygen atoms in total. The van der Waals surface area contributed by atoms with Crippen molar-refractivity contribution in [2.24, 2.45) is 0 Å². The van der Waals surface area contributed by atoms with Gasteiger partial charge >= 0.3 is 0 Å². The van der Waals surface area contributed by atoms with Crippen LogP contribution in [0, 0.1) is 5.82 Å². The van der Waals surface area contributed by atoms with E-state index in [1.165, 1.54) is 46.6 Å². The van der Waals surface area contributed by atoms with Crippen LogP contribution < -0.4 is 0 Å². The molecule has 1 aliphatic heterocycles. The van der Waals surface area contributed by atoms with Crippen molar-refractivity contribution in [2.75, 3.05) is 20.6 Å². The van der Waals surface area contributed by atoms with Gasteiger partial charge < -0.3 is 9.80 Å². The van der Waals surface area contributed by atoms with Crippen molar-refractivity contribution in [3.05, 3.63) is 59.9 Å². The number of likely N-dealkylation sites (tertiary alicyclic amines) is 1. The van der Waals surface area contributed by atoms with Gasteiger partial charge in [-0.15, -0.1) is 0 Å². The minimum absolute atomic E-state index is 0.210. The molecule has 1 aromatic carbocycles. The van der Waals surface area contributed by atoms with E-state index < -0.39 is 17.3 Å². The molecule has 0 saturated carbocycles. The first-order valence-corrected chi connectivity index (χ1v) is 8.02. The molecule has 130 valence electrons. The van der Waals surface area contributed by atoms with Crippen LogP contribution in [0.3, 0.4) is 0 Å². The van der Waals surface area contributed by atoms with Crippen molar-refractivity contribution in [2.45, 2.75) is 18.4 Å². The molecule has 25 heavy (non-hydrogen) atoms. The molecule has 7 heteroatoms. The van der Waals surface area contributed by atoms with Gasteiger partial charge in [-0.2, -0.15) is 0 Å². The smallest absolute Gasteiger partial charge is 0.255 e. The Morgan fingerprint density at radius 3 is 2.72 bits per heavy atom. The molecule has 1 saturated heterocycles. The number of carbonyl (C=O) groups is 2. The number of nitrogens with zero attached hydrogens (tertiary/aromatic N) is 4. The second-order valence-corrected chi connectivity index (χ2v) is 6.22. The third-order valence-electron chi connectivity index (χ3n) is 4.44. The third-order valence-corrected chi connectivity index (χ3v) is 4.44. The third kappa shape index (κ3) is 2.86. The molecule has 3 rings (SSSR count). The van der Waals surface area contributed by atoms with Gasteiger partial charge in [-0.25, -0.2) is 4.39 Å². The summed E-state index contributed by atoms with van der Waals surface area (Å²) in [6, 6.07) is 5.49. The number of hydrogen-bond acceptors (Lipinski definition) is 4. The molecule has 2 aromatic rings. The molecule has 2 amide bonds. The van der Waals surface area contributed by atoms with Crippen molar-refractivity contribution in [1.82, 2.24) is 19.8 Å². The minimum atomic E-state index is -1.22. The van der Waals surface area contributed by atoms with Crippen LogP contribution in [-0.4, -0.2) is 52.2 Å². The van der Waals surface area contributed by atoms with Gasteiger partial charge in [-0.1, -0.05) is 6.07 Å². The van der Waals surface area contributed by atoms with E-state index >= 15 is 0 Å². The van der Waals surface area contributed by atoms with Crippen LogP contribution in [-0.2, 0) is 10.3 Å². The summed E-state index contributed by atoms with van der Waals surface area (Å²) < 4.78 is 13.5. The highest BCUT2D eigenvalue weighted by molar-refractivity contribution is 6.00. The Balaban J connectivity index is 2.11. The Morgan fingerprint density at radius 2 is 2.08 bits per heavy atom. The Kier molecular flexibility index (Phi) is 4.48. The van der Waals surface area contributed by atoms with Gasteiger partial charge in [0.2, 0.25) is 0 Å². The quantitative estimate of drug-likeness (QED) is 0.854. The summed E-state index contributed by atoms with van der Waals surface area (Å²) >= 11 is 0. The standard InChI is InChI=1S/C18H19FN4O2/c1-22(2)17(25)18(15-12-20-8-9-21-15)7-4-10-23(18)16(24)13-5-3-6-14(19)11-13/h3,5-6,8-9,11-12H,4,7,10H2,1-2H3/t18-/m1/s1. The lowest BCUT2D eigenvalue weighted by Gasteiger charge is -2.38. The predicted molar refractivity (Wildman–Crippen MR) is 89.1 cm³/mol. The average Bonchev–Trinajstić information content (AvgIpc) is 3.07. The van der Waals surface area contributed by atoms with Gasteiger partial charge in [0, 0.05) is 38.6 Å². The molecule has 0 aliphatic carbocycles. The van der Waals surface area contributed by atoms with E-state index in [-0.39, 0.29) is 11.5 Å². The van der Waals surface area contributed by atoms with Crippen LogP contribution in [0.4, 0.5) is 4.39 Å². The number of carbonyl (C=O) groups excluding carboxylic acids is 2. The highest BCUT2D eigenvalue weighted by Crippen LogP contribution is 2.40. The first kappa shape index (κ1) is 17.0. The van der Waals surface area contributed by atoms with Crippen LogP contribution in [0.2, 0.25) is 0 Å². The first-order valence-electron chi connectivity index (χ1n) is 8.02. The summed E-state index contributed by atoms with van der Waals surface area (Å²) in [7, 11) is 3.28. The zero-order valence-corrected chi connectivity index (χ0v) is 14.1. The van der Waals surface area contributed by atoms with E-state index in [1.807, 2.05) is 0 Å². The summed E-state index contributed by atoms with van der Waals surface area (Å²) in [5.74, 6) is -1.12. The topological polar surface area (TPSA) is 66.4 Å². The summed E-state index contributed by atoms with van der Waals surface area (Å²) in [5, 5.41) is 0. The summed E-state index contributed by atoms with van der Waals surface area (Å²) in [5.41, 5.74) is -0.584. The van der Waals surface area contributed by atoms with Crippen molar-refractivity contribution < 1.29 is 14.0 Å². The molecule has 1 fully saturated rings. The maximum atomic E-state index is 13.5. The van der Waals surface area contributed by atoms with Crippen molar-refractivity contribution >= 4 is 11.8 Å². The Morgan fingerprint density at radius 1 is 1.28 bits per heavy atom. The normalized spacial score (nSPS) is 19.7. The van der Waals surface area contributed by atoms with E-state index in [0.717, 1.165) is 0 Å². The maximum absolute atomic E-state index is 13.5. The molecule has 0 bridgehead atoms. The second kappa shape index (κ2) is 6.58. The molecule has 1 aliphatic rings. The van der Waals surface area contributed by atoms with E-state index in [4.69, 9.17) is 0 Å². The van der Waals surface area contributed by atoms with E-state index in [2.05, 4.69) is 9.97 Å². The minimum Gasteiger partial charge on any atom is -0.346 e. The number of likely N-dealkylation sites (N-methyl/N-ethyl adjacent to an activating group) is 1. The lowest BCUT2D eigenvalue weighted by molar-refractivity contribution is -0.140. The van der Waals surface area contributed by atoms with Gasteiger partial charge in [0.05, 0.1) is 11.9 Å². The molecule has 0 spiro atoms. The zero-order valence-electron chi connectivity index (χ0n) is 14.1. The molecular formula is C18H19FN4O2. The van der Waals surface area contributed by atoms with E-state index in [0.29, 0.717) is 25.1 Å². The molecular weight excluding hydrogens is 323 g/mol. The van der Waals surface area contributed by atoms with Crippen LogP contribution in [0.5, 0.6) is 0 Å². The number of halogens is 1. The van der Waals surface area contributed by atoms with Crippen molar-refractivity contribution in [1.29, 1.82) is 0 Å². The number of amides is 2. The maximum Gasteiger partial charge on any atom is 0.255 e. The predicted octanol–water partition coefficient (Wildman–Crippen LogP) is 1.84. The highest BCUT2D eigenvalue weighted by Gasteiger charge is 2.53. The largest absolute Gasteiger partial charge is 0.346 e. The zero-order chi connectivity index (χ0) is 18.0. The summed E-state index contributed by atoms with van der Waals surface area (Å²) in [4.78, 5) is 37.4. The van der Waals surface area contributed by atoms with Crippen LogP contribution in [0.15, 0.2) is 42.9 Å². The van der Waals surface area contributed by atoms with Crippen LogP contribution >= 0.6 is 0 Å². The molecule has 1 aromatic heterocycles. The molecule has 0 radical (unpaired) electrons. The van der Waals surface area contributed by atoms with Gasteiger partial charge in [0.25, 0.3) is 11.8 Å². The Hall–Kier alpha value is -2.83. The first-order chi connectivity index (χ1) is 12.0. The van der Waals surface area contributed by atoms with E-state index in [9.17, 15) is 14.0 Å². The van der Waals surface area contributed by atoms with Gasteiger partial charge in [0.1, 0.15) is 5.82 Å². The summed E-state index contributed by atoms with van der Waals surface area (Å²) in [6.07, 6.45) is 5.63. The number of aromatic nitrogens is 2. The van der Waals surface area contributed by atoms with E-state index in [1.54, 1.807) is 20.2 Å². The van der Waals surface area contributed by atoms with Crippen molar-refractivity contribution in [3.8, 4) is 0 Å². The Bertz CT molecular complexity index is 797. The molecule has 2 heterocycles. The molecule has 0 unspecified atom stereocenters. The fraction of sp³-hybridized carbons (Fsp3) is 0.333. The number of rotatable bonds is 3. The lowest BCUT2D eigenvalue weighted by atomic mass is 9.89. The fourth-order valence-electron chi connectivity index (χ4n) is 3.35. The number of hydrogen-bond donors (Lipinski definition) is 0. The molecule has 0 N–H and O–H groups in total. The van der Waals surface area contributed by atoms with Gasteiger partial charge in [-0.3, -0.25) is 19.6 Å². The van der Waals surface area contributed by atoms with Crippen molar-refractivity contribution in [3.63, 3.8) is 0 Å². The number of benzene rings is 1. The fourth-order valence-corrected chi connectivity index (χ4v) is 3.35. The van der Waals surface area contributed by atoms with Crippen LogP contribution in [0.1, 0.15) is 28.9 Å². The SMILES string of the molecule is CN(C)C(=O)[C@]1(c2cnccn2)CCCN1C(=O)c1cccc(F)c1. The monoisotopic (exact) mass is 342 g/mol. The van der Waals surface area contributed by atoms with Gasteiger partial charge in [0.15, 0.2) is 5.54 Å². The Labute approximate surface area is 145 Å². The second-order valence-electron chi connectivity index (χ2n) is 6.22. The van der Waals surface area contributed by atoms with Gasteiger partial charge in [-0.05, 0) is 31.0 Å². The average molecular weight is 342 g/mol. The highest BCUT2D eigenvalue weighted by atomic mass is 19.1. The lowest BCUT2D eigenvalue weighted by Crippen LogP contribution is -2.55. The molecule has 1 atom stereocenters.